The molecular formula is C18H17F5N2O2S. The summed E-state index contributed by atoms with van der Waals surface area (Å²) in [6.07, 6.45) is 0. The maximum absolute atomic E-state index is 13.9. The van der Waals surface area contributed by atoms with Gasteiger partial charge in [-0.2, -0.15) is 4.31 Å². The number of hydrogen-bond acceptors (Lipinski definition) is 3. The normalized spacial score (nSPS) is 15.9. The first kappa shape index (κ1) is 20.5. The summed E-state index contributed by atoms with van der Waals surface area (Å²) in [6.45, 7) is 3.94. The topological polar surface area (TPSA) is 40.6 Å². The van der Waals surface area contributed by atoms with Gasteiger partial charge in [-0.25, -0.2) is 30.4 Å². The van der Waals surface area contributed by atoms with E-state index in [-0.39, 0.29) is 26.2 Å². The number of anilines is 1. The van der Waals surface area contributed by atoms with Crippen molar-refractivity contribution in [2.24, 2.45) is 0 Å². The Morgan fingerprint density at radius 2 is 1.29 bits per heavy atom. The van der Waals surface area contributed by atoms with Crippen LogP contribution in [0.4, 0.5) is 27.6 Å². The zero-order valence-corrected chi connectivity index (χ0v) is 15.9. The van der Waals surface area contributed by atoms with Crippen molar-refractivity contribution in [3.05, 3.63) is 58.4 Å². The predicted molar refractivity (Wildman–Crippen MR) is 93.1 cm³/mol. The van der Waals surface area contributed by atoms with E-state index in [2.05, 4.69) is 0 Å². The van der Waals surface area contributed by atoms with E-state index in [9.17, 15) is 30.4 Å². The first-order valence-corrected chi connectivity index (χ1v) is 9.83. The maximum Gasteiger partial charge on any atom is 0.249 e. The molecule has 0 saturated carbocycles. The van der Waals surface area contributed by atoms with E-state index in [4.69, 9.17) is 0 Å². The minimum Gasteiger partial charge on any atom is -0.369 e. The van der Waals surface area contributed by atoms with Gasteiger partial charge in [0.2, 0.25) is 15.8 Å². The Labute approximate surface area is 159 Å². The van der Waals surface area contributed by atoms with Gasteiger partial charge in [-0.05, 0) is 25.5 Å². The number of aryl methyl sites for hydroxylation is 2. The number of nitrogens with zero attached hydrogens (tertiary/aromatic N) is 2. The zero-order valence-electron chi connectivity index (χ0n) is 15.1. The molecule has 1 aliphatic rings. The molecule has 1 fully saturated rings. The van der Waals surface area contributed by atoms with Crippen LogP contribution in [0.2, 0.25) is 0 Å². The minimum atomic E-state index is -4.90. The van der Waals surface area contributed by atoms with Crippen LogP contribution in [0.1, 0.15) is 11.1 Å². The van der Waals surface area contributed by atoms with Crippen LogP contribution < -0.4 is 4.90 Å². The van der Waals surface area contributed by atoms with E-state index in [0.717, 1.165) is 21.1 Å². The third-order valence-electron chi connectivity index (χ3n) is 4.70. The summed E-state index contributed by atoms with van der Waals surface area (Å²) < 4.78 is 93.8. The molecule has 10 heteroatoms. The predicted octanol–water partition coefficient (Wildman–Crippen LogP) is 3.51. The number of benzene rings is 2. The fourth-order valence-electron chi connectivity index (χ4n) is 3.27. The van der Waals surface area contributed by atoms with Crippen LogP contribution in [0.5, 0.6) is 0 Å². The average Bonchev–Trinajstić information content (AvgIpc) is 2.65. The van der Waals surface area contributed by atoms with E-state index in [1.165, 1.54) is 0 Å². The van der Waals surface area contributed by atoms with Gasteiger partial charge in [0, 0.05) is 31.9 Å². The van der Waals surface area contributed by atoms with E-state index in [0.29, 0.717) is 0 Å². The molecule has 2 aromatic rings. The molecule has 1 saturated heterocycles. The summed E-state index contributed by atoms with van der Waals surface area (Å²) in [5, 5.41) is 0. The first-order chi connectivity index (χ1) is 13.1. The lowest BCUT2D eigenvalue weighted by Gasteiger charge is -2.36. The third-order valence-corrected chi connectivity index (χ3v) is 6.62. The summed E-state index contributed by atoms with van der Waals surface area (Å²) >= 11 is 0. The van der Waals surface area contributed by atoms with Crippen LogP contribution in [0, 0.1) is 42.9 Å². The average molecular weight is 420 g/mol. The Kier molecular flexibility index (Phi) is 5.37. The second-order valence-electron chi connectivity index (χ2n) is 6.58. The number of sulfonamides is 1. The minimum absolute atomic E-state index is 0.158. The Bertz CT molecular complexity index is 1010. The van der Waals surface area contributed by atoms with Gasteiger partial charge in [-0.3, -0.25) is 0 Å². The molecule has 0 unspecified atom stereocenters. The van der Waals surface area contributed by atoms with Crippen LogP contribution >= 0.6 is 0 Å². The smallest absolute Gasteiger partial charge is 0.249 e. The van der Waals surface area contributed by atoms with Gasteiger partial charge in [0.15, 0.2) is 28.2 Å². The second kappa shape index (κ2) is 7.32. The lowest BCUT2D eigenvalue weighted by atomic mass is 10.1. The van der Waals surface area contributed by atoms with Gasteiger partial charge in [-0.15, -0.1) is 0 Å². The van der Waals surface area contributed by atoms with Crippen molar-refractivity contribution in [3.63, 3.8) is 0 Å². The summed E-state index contributed by atoms with van der Waals surface area (Å²) in [4.78, 5) is 0.0863. The van der Waals surface area contributed by atoms with E-state index in [1.807, 2.05) is 36.9 Å². The molecule has 4 nitrogen and oxygen atoms in total. The lowest BCUT2D eigenvalue weighted by molar-refractivity contribution is 0.344. The van der Waals surface area contributed by atoms with Crippen molar-refractivity contribution in [3.8, 4) is 0 Å². The first-order valence-electron chi connectivity index (χ1n) is 8.39. The molecule has 0 aromatic heterocycles. The van der Waals surface area contributed by atoms with Gasteiger partial charge in [-0.1, -0.05) is 17.7 Å². The van der Waals surface area contributed by atoms with Crippen molar-refractivity contribution in [1.82, 2.24) is 4.31 Å². The Balaban J connectivity index is 1.88. The molecule has 152 valence electrons. The van der Waals surface area contributed by atoms with Gasteiger partial charge in [0.25, 0.3) is 0 Å². The molecule has 0 radical (unpaired) electrons. The third kappa shape index (κ3) is 3.35. The molecule has 0 amide bonds. The van der Waals surface area contributed by atoms with Crippen molar-refractivity contribution in [2.75, 3.05) is 31.1 Å². The van der Waals surface area contributed by atoms with Crippen molar-refractivity contribution < 1.29 is 30.4 Å². The molecular weight excluding hydrogens is 403 g/mol. The molecule has 28 heavy (non-hydrogen) atoms. The van der Waals surface area contributed by atoms with Crippen LogP contribution in [0.15, 0.2) is 23.1 Å². The summed E-state index contributed by atoms with van der Waals surface area (Å²) in [5.74, 6) is -11.7. The van der Waals surface area contributed by atoms with Crippen LogP contribution in [-0.4, -0.2) is 38.9 Å². The molecule has 1 aliphatic heterocycles. The van der Waals surface area contributed by atoms with Gasteiger partial charge >= 0.3 is 0 Å². The second-order valence-corrected chi connectivity index (χ2v) is 8.45. The molecule has 0 spiro atoms. The van der Waals surface area contributed by atoms with Crippen LogP contribution in [-0.2, 0) is 10.0 Å². The Morgan fingerprint density at radius 1 is 0.786 bits per heavy atom. The van der Waals surface area contributed by atoms with Crippen molar-refractivity contribution >= 4 is 15.7 Å². The Hall–Kier alpha value is -2.20. The number of rotatable bonds is 3. The largest absolute Gasteiger partial charge is 0.369 e. The highest BCUT2D eigenvalue weighted by Gasteiger charge is 2.38. The van der Waals surface area contributed by atoms with Crippen molar-refractivity contribution in [1.29, 1.82) is 0 Å². The molecule has 0 bridgehead atoms. The summed E-state index contributed by atoms with van der Waals surface area (Å²) in [6, 6.07) is 5.76. The van der Waals surface area contributed by atoms with Crippen molar-refractivity contribution in [2.45, 2.75) is 18.7 Å². The summed E-state index contributed by atoms with van der Waals surface area (Å²) in [7, 11) is -4.90. The molecule has 0 N–H and O–H groups in total. The van der Waals surface area contributed by atoms with E-state index >= 15 is 0 Å². The van der Waals surface area contributed by atoms with Crippen LogP contribution in [0.25, 0.3) is 0 Å². The summed E-state index contributed by atoms with van der Waals surface area (Å²) in [5.41, 5.74) is 2.93. The standard InChI is InChI=1S/C18H17F5N2O2S/c1-10-3-4-12(11(2)9-10)24-5-7-25(8-6-24)28(26,27)18-16(22)14(20)13(19)15(21)17(18)23/h3-4,9H,5-8H2,1-2H3. The highest BCUT2D eigenvalue weighted by molar-refractivity contribution is 7.89. The van der Waals surface area contributed by atoms with E-state index < -0.39 is 44.0 Å². The lowest BCUT2D eigenvalue weighted by Crippen LogP contribution is -2.49. The molecule has 0 aliphatic carbocycles. The number of hydrogen-bond donors (Lipinski definition) is 0. The maximum atomic E-state index is 13.9. The quantitative estimate of drug-likeness (QED) is 0.434. The van der Waals surface area contributed by atoms with Gasteiger partial charge < -0.3 is 4.90 Å². The Morgan fingerprint density at radius 3 is 1.79 bits per heavy atom. The fraction of sp³-hybridized carbons (Fsp3) is 0.333. The molecule has 0 atom stereocenters. The molecule has 1 heterocycles. The highest BCUT2D eigenvalue weighted by Crippen LogP contribution is 2.30. The zero-order chi connectivity index (χ0) is 20.8. The van der Waals surface area contributed by atoms with Gasteiger partial charge in [0.05, 0.1) is 0 Å². The van der Waals surface area contributed by atoms with Gasteiger partial charge in [0.1, 0.15) is 0 Å². The fourth-order valence-corrected chi connectivity index (χ4v) is 4.80. The van der Waals surface area contributed by atoms with E-state index in [1.54, 1.807) is 0 Å². The monoisotopic (exact) mass is 420 g/mol. The highest BCUT2D eigenvalue weighted by atomic mass is 32.2. The molecule has 2 aromatic carbocycles. The SMILES string of the molecule is Cc1ccc(N2CCN(S(=O)(=O)c3c(F)c(F)c(F)c(F)c3F)CC2)c(C)c1. The number of halogens is 5. The number of piperazine rings is 1. The molecule has 3 rings (SSSR count). The van der Waals surface area contributed by atoms with Crippen LogP contribution in [0.3, 0.4) is 0 Å².